The summed E-state index contributed by atoms with van der Waals surface area (Å²) in [4.78, 5) is 28.0. The van der Waals surface area contributed by atoms with Crippen molar-refractivity contribution < 1.29 is 19.1 Å². The first kappa shape index (κ1) is 18.4. The van der Waals surface area contributed by atoms with Gasteiger partial charge in [-0.05, 0) is 30.5 Å². The van der Waals surface area contributed by atoms with Crippen LogP contribution in [-0.4, -0.2) is 36.6 Å². The molecule has 6 heteroatoms. The van der Waals surface area contributed by atoms with E-state index in [0.29, 0.717) is 13.2 Å². The summed E-state index contributed by atoms with van der Waals surface area (Å²) in [6, 6.07) is 13.0. The number of aromatic nitrogens is 1. The van der Waals surface area contributed by atoms with Crippen molar-refractivity contribution in [1.29, 1.82) is 0 Å². The first-order chi connectivity index (χ1) is 12.1. The second kappa shape index (κ2) is 9.42. The molecule has 0 bridgehead atoms. The fourth-order valence-corrected chi connectivity index (χ4v) is 2.22. The molecule has 0 aliphatic rings. The summed E-state index contributed by atoms with van der Waals surface area (Å²) in [5.41, 5.74) is 1.34. The number of benzene rings is 1. The summed E-state index contributed by atoms with van der Waals surface area (Å²) in [7, 11) is 0. The van der Waals surface area contributed by atoms with E-state index in [-0.39, 0.29) is 29.9 Å². The Bertz CT molecular complexity index is 704. The minimum atomic E-state index is -0.636. The van der Waals surface area contributed by atoms with Crippen molar-refractivity contribution in [2.24, 2.45) is 0 Å². The first-order valence-electron chi connectivity index (χ1n) is 8.18. The normalized spacial score (nSPS) is 11.4. The van der Waals surface area contributed by atoms with Gasteiger partial charge in [0.1, 0.15) is 5.56 Å². The van der Waals surface area contributed by atoms with Crippen LogP contribution in [0.5, 0.6) is 5.88 Å². The Balaban J connectivity index is 1.81. The molecule has 0 fully saturated rings. The highest BCUT2D eigenvalue weighted by atomic mass is 16.5. The van der Waals surface area contributed by atoms with Gasteiger partial charge < -0.3 is 14.8 Å². The molecule has 0 saturated carbocycles. The van der Waals surface area contributed by atoms with Crippen LogP contribution in [-0.2, 0) is 9.53 Å². The van der Waals surface area contributed by atoms with Gasteiger partial charge in [-0.25, -0.2) is 9.78 Å². The zero-order valence-electron chi connectivity index (χ0n) is 14.4. The Kier molecular flexibility index (Phi) is 6.95. The number of nitrogens with zero attached hydrogens (tertiary/aromatic N) is 1. The fourth-order valence-electron chi connectivity index (χ4n) is 2.22. The maximum atomic E-state index is 12.1. The maximum absolute atomic E-state index is 12.1. The third-order valence-electron chi connectivity index (χ3n) is 3.58. The molecule has 2 aromatic rings. The minimum Gasteiger partial charge on any atom is -0.477 e. The van der Waals surface area contributed by atoms with Gasteiger partial charge in [-0.3, -0.25) is 4.79 Å². The molecule has 6 nitrogen and oxygen atoms in total. The van der Waals surface area contributed by atoms with Crippen molar-refractivity contribution in [3.05, 3.63) is 59.8 Å². The van der Waals surface area contributed by atoms with Gasteiger partial charge in [-0.1, -0.05) is 37.3 Å². The SMILES string of the molecule is CCOc1ncccc1C(=O)OCC(=O)NCC(C)c1ccccc1. The zero-order valence-corrected chi connectivity index (χ0v) is 14.4. The summed E-state index contributed by atoms with van der Waals surface area (Å²) in [5, 5.41) is 2.76. The number of rotatable bonds is 8. The Labute approximate surface area is 147 Å². The monoisotopic (exact) mass is 342 g/mol. The molecule has 1 aromatic heterocycles. The number of nitrogens with one attached hydrogen (secondary N) is 1. The molecular weight excluding hydrogens is 320 g/mol. The molecule has 132 valence electrons. The second-order valence-corrected chi connectivity index (χ2v) is 5.48. The lowest BCUT2D eigenvalue weighted by Crippen LogP contribution is -2.31. The molecule has 0 aliphatic heterocycles. The number of carbonyl (C=O) groups excluding carboxylic acids is 2. The van der Waals surface area contributed by atoms with Crippen LogP contribution in [0.1, 0.15) is 35.7 Å². The minimum absolute atomic E-state index is 0.170. The Hall–Kier alpha value is -2.89. The lowest BCUT2D eigenvalue weighted by atomic mass is 10.0. The number of carbonyl (C=O) groups is 2. The molecule has 0 radical (unpaired) electrons. The lowest BCUT2D eigenvalue weighted by molar-refractivity contribution is -0.124. The van der Waals surface area contributed by atoms with E-state index in [9.17, 15) is 9.59 Å². The summed E-state index contributed by atoms with van der Waals surface area (Å²) >= 11 is 0. The maximum Gasteiger partial charge on any atom is 0.344 e. The highest BCUT2D eigenvalue weighted by Gasteiger charge is 2.16. The van der Waals surface area contributed by atoms with E-state index in [4.69, 9.17) is 9.47 Å². The van der Waals surface area contributed by atoms with Crippen LogP contribution in [0.3, 0.4) is 0 Å². The number of esters is 1. The molecular formula is C19H22N2O4. The molecule has 1 aromatic carbocycles. The lowest BCUT2D eigenvalue weighted by Gasteiger charge is -2.13. The molecule has 1 atom stereocenters. The van der Waals surface area contributed by atoms with Crippen LogP contribution in [0.2, 0.25) is 0 Å². The van der Waals surface area contributed by atoms with Gasteiger partial charge in [0, 0.05) is 12.7 Å². The van der Waals surface area contributed by atoms with Crippen LogP contribution in [0.4, 0.5) is 0 Å². The summed E-state index contributed by atoms with van der Waals surface area (Å²) in [6.07, 6.45) is 1.53. The van der Waals surface area contributed by atoms with Gasteiger partial charge in [-0.2, -0.15) is 0 Å². The van der Waals surface area contributed by atoms with Crippen molar-refractivity contribution in [2.45, 2.75) is 19.8 Å². The fraction of sp³-hybridized carbons (Fsp3) is 0.316. The van der Waals surface area contributed by atoms with Crippen molar-refractivity contribution in [1.82, 2.24) is 10.3 Å². The van der Waals surface area contributed by atoms with E-state index in [1.165, 1.54) is 6.20 Å². The molecule has 25 heavy (non-hydrogen) atoms. The van der Waals surface area contributed by atoms with Gasteiger partial charge in [0.05, 0.1) is 6.61 Å². The Morgan fingerprint density at radius 2 is 1.92 bits per heavy atom. The zero-order chi connectivity index (χ0) is 18.1. The van der Waals surface area contributed by atoms with E-state index in [0.717, 1.165) is 5.56 Å². The molecule has 1 unspecified atom stereocenters. The van der Waals surface area contributed by atoms with Crippen LogP contribution >= 0.6 is 0 Å². The van der Waals surface area contributed by atoms with Gasteiger partial charge in [-0.15, -0.1) is 0 Å². The molecule has 0 spiro atoms. The predicted octanol–water partition coefficient (Wildman–Crippen LogP) is 2.56. The van der Waals surface area contributed by atoms with E-state index in [1.54, 1.807) is 19.1 Å². The Morgan fingerprint density at radius 3 is 2.64 bits per heavy atom. The van der Waals surface area contributed by atoms with Crippen LogP contribution in [0, 0.1) is 0 Å². The molecule has 2 rings (SSSR count). The molecule has 1 amide bonds. The largest absolute Gasteiger partial charge is 0.477 e. The third kappa shape index (κ3) is 5.60. The number of hydrogen-bond donors (Lipinski definition) is 1. The number of pyridine rings is 1. The van der Waals surface area contributed by atoms with Crippen molar-refractivity contribution in [2.75, 3.05) is 19.8 Å². The van der Waals surface area contributed by atoms with Crippen LogP contribution in [0.25, 0.3) is 0 Å². The van der Waals surface area contributed by atoms with E-state index >= 15 is 0 Å². The summed E-state index contributed by atoms with van der Waals surface area (Å²) < 4.78 is 10.3. The smallest absolute Gasteiger partial charge is 0.344 e. The molecule has 1 N–H and O–H groups in total. The number of ether oxygens (including phenoxy) is 2. The van der Waals surface area contributed by atoms with Gasteiger partial charge in [0.25, 0.3) is 5.91 Å². The van der Waals surface area contributed by atoms with Gasteiger partial charge >= 0.3 is 5.97 Å². The van der Waals surface area contributed by atoms with Crippen molar-refractivity contribution >= 4 is 11.9 Å². The van der Waals surface area contributed by atoms with Crippen molar-refractivity contribution in [3.63, 3.8) is 0 Å². The third-order valence-corrected chi connectivity index (χ3v) is 3.58. The summed E-state index contributed by atoms with van der Waals surface area (Å²) in [6.45, 7) is 4.32. The topological polar surface area (TPSA) is 77.5 Å². The van der Waals surface area contributed by atoms with Crippen LogP contribution in [0.15, 0.2) is 48.7 Å². The van der Waals surface area contributed by atoms with Crippen molar-refractivity contribution in [3.8, 4) is 5.88 Å². The first-order valence-corrected chi connectivity index (χ1v) is 8.18. The van der Waals surface area contributed by atoms with Crippen LogP contribution < -0.4 is 10.1 Å². The second-order valence-electron chi connectivity index (χ2n) is 5.48. The predicted molar refractivity (Wildman–Crippen MR) is 93.6 cm³/mol. The van der Waals surface area contributed by atoms with E-state index in [2.05, 4.69) is 10.3 Å². The van der Waals surface area contributed by atoms with Gasteiger partial charge in [0.2, 0.25) is 5.88 Å². The summed E-state index contributed by atoms with van der Waals surface area (Å²) in [5.74, 6) is -0.613. The molecule has 0 saturated heterocycles. The quantitative estimate of drug-likeness (QED) is 0.746. The van der Waals surface area contributed by atoms with Gasteiger partial charge in [0.15, 0.2) is 6.61 Å². The highest BCUT2D eigenvalue weighted by molar-refractivity contribution is 5.93. The Morgan fingerprint density at radius 1 is 1.16 bits per heavy atom. The standard InChI is InChI=1S/C19H22N2O4/c1-3-24-18-16(10-7-11-20-18)19(23)25-13-17(22)21-12-14(2)15-8-5-4-6-9-15/h4-11,14H,3,12-13H2,1-2H3,(H,21,22). The average molecular weight is 342 g/mol. The number of hydrogen-bond acceptors (Lipinski definition) is 5. The molecule has 0 aliphatic carbocycles. The average Bonchev–Trinajstić information content (AvgIpc) is 2.65. The highest BCUT2D eigenvalue weighted by Crippen LogP contribution is 2.15. The number of amides is 1. The molecule has 1 heterocycles. The van der Waals surface area contributed by atoms with E-state index < -0.39 is 5.97 Å². The van der Waals surface area contributed by atoms with E-state index in [1.807, 2.05) is 37.3 Å².